The van der Waals surface area contributed by atoms with Crippen LogP contribution in [0.1, 0.15) is 16.7 Å². The summed E-state index contributed by atoms with van der Waals surface area (Å²) in [7, 11) is 0. The van der Waals surface area contributed by atoms with E-state index in [1.54, 1.807) is 23.1 Å². The molecule has 0 N–H and O–H groups in total. The number of aryl methyl sites for hydroxylation is 2. The Morgan fingerprint density at radius 3 is 2.43 bits per heavy atom. The number of nitrogens with zero attached hydrogens (tertiary/aromatic N) is 1. The molecule has 2 aromatic carbocycles. The second-order valence-corrected chi connectivity index (χ2v) is 7.01. The van der Waals surface area contributed by atoms with Crippen LogP contribution in [-0.4, -0.2) is 10.2 Å². The van der Waals surface area contributed by atoms with Crippen molar-refractivity contribution in [1.29, 1.82) is 0 Å². The average molecular weight is 343 g/mol. The summed E-state index contributed by atoms with van der Waals surface area (Å²) in [5.41, 5.74) is 3.82. The number of rotatable bonds is 2. The number of benzene rings is 2. The van der Waals surface area contributed by atoms with Crippen molar-refractivity contribution >= 4 is 46.0 Å². The van der Waals surface area contributed by atoms with Crippen LogP contribution in [-0.2, 0) is 4.79 Å². The van der Waals surface area contributed by atoms with Gasteiger partial charge in [0.2, 0.25) is 0 Å². The lowest BCUT2D eigenvalue weighted by atomic mass is 10.1. The Bertz CT molecular complexity index is 827. The molecular formula is C18H14FNOS2. The summed E-state index contributed by atoms with van der Waals surface area (Å²) < 4.78 is 13.5. The van der Waals surface area contributed by atoms with Crippen LogP contribution < -0.4 is 4.90 Å². The molecule has 0 bridgehead atoms. The van der Waals surface area contributed by atoms with Gasteiger partial charge in [0.25, 0.3) is 5.91 Å². The van der Waals surface area contributed by atoms with Gasteiger partial charge in [0, 0.05) is 0 Å². The van der Waals surface area contributed by atoms with E-state index < -0.39 is 0 Å². The fraction of sp³-hybridized carbons (Fsp3) is 0.111. The van der Waals surface area contributed by atoms with Crippen LogP contribution in [0.25, 0.3) is 6.08 Å². The average Bonchev–Trinajstić information content (AvgIpc) is 2.79. The zero-order valence-corrected chi connectivity index (χ0v) is 14.3. The van der Waals surface area contributed by atoms with Gasteiger partial charge in [-0.3, -0.25) is 9.69 Å². The molecular weight excluding hydrogens is 329 g/mol. The first-order chi connectivity index (χ1) is 11.0. The molecule has 1 aliphatic heterocycles. The molecule has 116 valence electrons. The second kappa shape index (κ2) is 6.26. The van der Waals surface area contributed by atoms with Crippen molar-refractivity contribution in [1.82, 2.24) is 0 Å². The van der Waals surface area contributed by atoms with Gasteiger partial charge in [0.1, 0.15) is 5.82 Å². The van der Waals surface area contributed by atoms with Gasteiger partial charge in [-0.1, -0.05) is 42.2 Å². The van der Waals surface area contributed by atoms with E-state index in [0.29, 0.717) is 9.23 Å². The van der Waals surface area contributed by atoms with E-state index in [1.165, 1.54) is 29.5 Å². The smallest absolute Gasteiger partial charge is 0.268 e. The Morgan fingerprint density at radius 2 is 1.78 bits per heavy atom. The van der Waals surface area contributed by atoms with Crippen LogP contribution in [0.15, 0.2) is 47.4 Å². The largest absolute Gasteiger partial charge is 0.270 e. The van der Waals surface area contributed by atoms with Crippen LogP contribution in [0.4, 0.5) is 10.1 Å². The third-order valence-corrected chi connectivity index (χ3v) is 5.01. The van der Waals surface area contributed by atoms with Crippen molar-refractivity contribution in [2.24, 2.45) is 0 Å². The van der Waals surface area contributed by atoms with Crippen LogP contribution in [0.2, 0.25) is 0 Å². The van der Waals surface area contributed by atoms with Gasteiger partial charge in [0.15, 0.2) is 4.32 Å². The maximum absolute atomic E-state index is 13.0. The first-order valence-corrected chi connectivity index (χ1v) is 8.29. The summed E-state index contributed by atoms with van der Waals surface area (Å²) in [5, 5.41) is 0. The molecule has 1 amide bonds. The Balaban J connectivity index is 1.93. The summed E-state index contributed by atoms with van der Waals surface area (Å²) >= 11 is 6.62. The summed E-state index contributed by atoms with van der Waals surface area (Å²) in [5.74, 6) is -0.447. The van der Waals surface area contributed by atoms with Crippen molar-refractivity contribution in [3.8, 4) is 0 Å². The zero-order chi connectivity index (χ0) is 16.6. The van der Waals surface area contributed by atoms with Crippen molar-refractivity contribution in [2.45, 2.75) is 13.8 Å². The van der Waals surface area contributed by atoms with Crippen molar-refractivity contribution in [3.05, 3.63) is 69.9 Å². The van der Waals surface area contributed by atoms with Gasteiger partial charge >= 0.3 is 0 Å². The number of hydrogen-bond donors (Lipinski definition) is 0. The molecule has 0 saturated carbocycles. The molecule has 0 aromatic heterocycles. The number of amides is 1. The van der Waals surface area contributed by atoms with E-state index in [-0.39, 0.29) is 11.7 Å². The molecule has 2 aromatic rings. The molecule has 0 unspecified atom stereocenters. The standard InChI is InChI=1S/C18H14FNOS2/c1-11-3-8-15(9-12(11)2)20-17(21)16(23-18(20)22)10-13-4-6-14(19)7-5-13/h3-10H,1-2H3. The van der Waals surface area contributed by atoms with Gasteiger partial charge < -0.3 is 0 Å². The van der Waals surface area contributed by atoms with E-state index in [2.05, 4.69) is 0 Å². The number of carbonyl (C=O) groups is 1. The van der Waals surface area contributed by atoms with Crippen molar-refractivity contribution in [2.75, 3.05) is 4.90 Å². The number of hydrogen-bond acceptors (Lipinski definition) is 3. The molecule has 5 heteroatoms. The minimum Gasteiger partial charge on any atom is -0.268 e. The topological polar surface area (TPSA) is 20.3 Å². The highest BCUT2D eigenvalue weighted by molar-refractivity contribution is 8.27. The predicted octanol–water partition coefficient (Wildman–Crippen LogP) is 4.85. The van der Waals surface area contributed by atoms with E-state index >= 15 is 0 Å². The molecule has 0 spiro atoms. The number of halogens is 1. The van der Waals surface area contributed by atoms with Crippen molar-refractivity contribution < 1.29 is 9.18 Å². The minimum absolute atomic E-state index is 0.146. The first kappa shape index (κ1) is 15.9. The first-order valence-electron chi connectivity index (χ1n) is 7.06. The van der Waals surface area contributed by atoms with Crippen LogP contribution in [0, 0.1) is 19.7 Å². The highest BCUT2D eigenvalue weighted by atomic mass is 32.2. The second-order valence-electron chi connectivity index (χ2n) is 5.34. The number of thiocarbonyl (C=S) groups is 1. The molecule has 0 aliphatic carbocycles. The molecule has 2 nitrogen and oxygen atoms in total. The van der Waals surface area contributed by atoms with Gasteiger partial charge in [-0.15, -0.1) is 0 Å². The van der Waals surface area contributed by atoms with Crippen molar-refractivity contribution in [3.63, 3.8) is 0 Å². The zero-order valence-electron chi connectivity index (χ0n) is 12.7. The molecule has 3 rings (SSSR count). The molecule has 1 fully saturated rings. The van der Waals surface area contributed by atoms with Gasteiger partial charge in [-0.2, -0.15) is 0 Å². The Hall–Kier alpha value is -1.98. The lowest BCUT2D eigenvalue weighted by Crippen LogP contribution is -2.27. The number of thioether (sulfide) groups is 1. The van der Waals surface area contributed by atoms with Gasteiger partial charge in [0.05, 0.1) is 10.6 Å². The third kappa shape index (κ3) is 3.21. The molecule has 1 aliphatic rings. The SMILES string of the molecule is Cc1ccc(N2C(=O)C(=Cc3ccc(F)cc3)SC2=S)cc1C. The Morgan fingerprint density at radius 1 is 1.09 bits per heavy atom. The molecule has 1 heterocycles. The summed E-state index contributed by atoms with van der Waals surface area (Å²) in [4.78, 5) is 14.7. The maximum Gasteiger partial charge on any atom is 0.270 e. The fourth-order valence-electron chi connectivity index (χ4n) is 2.27. The Kier molecular flexibility index (Phi) is 4.33. The van der Waals surface area contributed by atoms with Crippen LogP contribution >= 0.6 is 24.0 Å². The lowest BCUT2D eigenvalue weighted by Gasteiger charge is -2.15. The molecule has 23 heavy (non-hydrogen) atoms. The highest BCUT2D eigenvalue weighted by Crippen LogP contribution is 2.36. The molecule has 0 radical (unpaired) electrons. The quantitative estimate of drug-likeness (QED) is 0.574. The van der Waals surface area contributed by atoms with E-state index in [4.69, 9.17) is 12.2 Å². The number of carbonyl (C=O) groups excluding carboxylic acids is 1. The normalized spacial score (nSPS) is 16.5. The van der Waals surface area contributed by atoms with Gasteiger partial charge in [-0.25, -0.2) is 4.39 Å². The van der Waals surface area contributed by atoms with E-state index in [1.807, 2.05) is 32.0 Å². The van der Waals surface area contributed by atoms with E-state index in [0.717, 1.165) is 16.8 Å². The van der Waals surface area contributed by atoms with Crippen LogP contribution in [0.3, 0.4) is 0 Å². The van der Waals surface area contributed by atoms with Gasteiger partial charge in [-0.05, 0) is 60.9 Å². The minimum atomic E-state index is -0.301. The summed E-state index contributed by atoms with van der Waals surface area (Å²) in [6.07, 6.45) is 1.74. The fourth-order valence-corrected chi connectivity index (χ4v) is 3.56. The summed E-state index contributed by atoms with van der Waals surface area (Å²) in [6.45, 7) is 4.03. The maximum atomic E-state index is 13.0. The summed E-state index contributed by atoms with van der Waals surface area (Å²) in [6, 6.07) is 11.9. The monoisotopic (exact) mass is 343 g/mol. The van der Waals surface area contributed by atoms with E-state index in [9.17, 15) is 9.18 Å². The third-order valence-electron chi connectivity index (χ3n) is 3.71. The Labute approximate surface area is 144 Å². The number of anilines is 1. The van der Waals surface area contributed by atoms with Crippen LogP contribution in [0.5, 0.6) is 0 Å². The highest BCUT2D eigenvalue weighted by Gasteiger charge is 2.33. The lowest BCUT2D eigenvalue weighted by molar-refractivity contribution is -0.113. The predicted molar refractivity (Wildman–Crippen MR) is 98.0 cm³/mol. The molecule has 0 atom stereocenters. The molecule has 1 saturated heterocycles.